The Morgan fingerprint density at radius 2 is 1.77 bits per heavy atom. The minimum Gasteiger partial charge on any atom is -0.444 e. The highest BCUT2D eigenvalue weighted by molar-refractivity contribution is 5.68. The third-order valence-electron chi connectivity index (χ3n) is 3.89. The number of aromatic nitrogens is 3. The maximum atomic E-state index is 13.9. The number of carbonyl (C=O) groups is 1. The standard InChI is InChI=1S/C19H24F4N4O3/c1-17(2,3)30-16(29)24-18(4,5)10-27-13(8-14(25-27)19(21,22)23)11-7-12(20)15(28)26(6)9-11/h7-9H,10H2,1-6H3,(H,24,29). The van der Waals surface area contributed by atoms with Crippen LogP contribution in [0.25, 0.3) is 11.3 Å². The van der Waals surface area contributed by atoms with E-state index in [0.29, 0.717) is 0 Å². The fourth-order valence-electron chi connectivity index (χ4n) is 2.71. The van der Waals surface area contributed by atoms with Gasteiger partial charge in [0.1, 0.15) is 5.60 Å². The number of hydrogen-bond donors (Lipinski definition) is 1. The Morgan fingerprint density at radius 3 is 2.27 bits per heavy atom. The van der Waals surface area contributed by atoms with Gasteiger partial charge in [0, 0.05) is 18.8 Å². The summed E-state index contributed by atoms with van der Waals surface area (Å²) in [5.74, 6) is -1.11. The molecular formula is C19H24F4N4O3. The zero-order chi connectivity index (χ0) is 23.1. The molecule has 2 aromatic heterocycles. The van der Waals surface area contributed by atoms with Crippen molar-refractivity contribution in [2.45, 2.75) is 58.5 Å². The van der Waals surface area contributed by atoms with Gasteiger partial charge in [0.15, 0.2) is 11.5 Å². The largest absolute Gasteiger partial charge is 0.444 e. The highest BCUT2D eigenvalue weighted by Gasteiger charge is 2.36. The lowest BCUT2D eigenvalue weighted by Gasteiger charge is -2.29. The summed E-state index contributed by atoms with van der Waals surface area (Å²) in [6.07, 6.45) is -4.26. The summed E-state index contributed by atoms with van der Waals surface area (Å²) in [6.45, 7) is 8.01. The number of halogens is 4. The number of rotatable bonds is 4. The number of alkyl halides is 3. The van der Waals surface area contributed by atoms with Crippen LogP contribution in [0.1, 0.15) is 40.3 Å². The van der Waals surface area contributed by atoms with Crippen LogP contribution in [-0.4, -0.2) is 31.6 Å². The molecule has 1 amide bonds. The summed E-state index contributed by atoms with van der Waals surface area (Å²) >= 11 is 0. The van der Waals surface area contributed by atoms with Crippen LogP contribution in [0.3, 0.4) is 0 Å². The molecule has 0 aliphatic rings. The maximum absolute atomic E-state index is 13.9. The third kappa shape index (κ3) is 5.83. The number of hydrogen-bond acceptors (Lipinski definition) is 4. The normalized spacial score (nSPS) is 12.7. The van der Waals surface area contributed by atoms with Gasteiger partial charge in [-0.1, -0.05) is 0 Å². The summed E-state index contributed by atoms with van der Waals surface area (Å²) in [5.41, 5.74) is -3.94. The Labute approximate surface area is 170 Å². The number of alkyl carbamates (subject to hydrolysis) is 1. The van der Waals surface area contributed by atoms with Crippen LogP contribution >= 0.6 is 0 Å². The maximum Gasteiger partial charge on any atom is 0.435 e. The first-order chi connectivity index (χ1) is 13.5. The molecule has 30 heavy (non-hydrogen) atoms. The van der Waals surface area contributed by atoms with E-state index in [1.165, 1.54) is 13.2 Å². The third-order valence-corrected chi connectivity index (χ3v) is 3.89. The summed E-state index contributed by atoms with van der Waals surface area (Å²) in [7, 11) is 1.29. The van der Waals surface area contributed by atoms with Crippen molar-refractivity contribution in [3.8, 4) is 11.3 Å². The van der Waals surface area contributed by atoms with E-state index in [2.05, 4.69) is 10.4 Å². The second-order valence-electron chi connectivity index (χ2n) is 8.57. The summed E-state index contributed by atoms with van der Waals surface area (Å²) in [5, 5.41) is 6.18. The highest BCUT2D eigenvalue weighted by Crippen LogP contribution is 2.32. The van der Waals surface area contributed by atoms with Crippen LogP contribution in [-0.2, 0) is 24.5 Å². The van der Waals surface area contributed by atoms with Gasteiger partial charge in [0.25, 0.3) is 5.56 Å². The monoisotopic (exact) mass is 432 g/mol. The quantitative estimate of drug-likeness (QED) is 0.748. The van der Waals surface area contributed by atoms with E-state index in [-0.39, 0.29) is 17.8 Å². The Morgan fingerprint density at radius 1 is 1.17 bits per heavy atom. The molecule has 0 saturated carbocycles. The lowest BCUT2D eigenvalue weighted by atomic mass is 10.1. The Balaban J connectivity index is 2.45. The molecule has 0 bridgehead atoms. The molecule has 11 heteroatoms. The van der Waals surface area contributed by atoms with Gasteiger partial charge in [-0.05, 0) is 46.8 Å². The zero-order valence-corrected chi connectivity index (χ0v) is 17.5. The predicted octanol–water partition coefficient (Wildman–Crippen LogP) is 3.71. The van der Waals surface area contributed by atoms with Gasteiger partial charge >= 0.3 is 12.3 Å². The fraction of sp³-hybridized carbons (Fsp3) is 0.526. The molecule has 1 N–H and O–H groups in total. The van der Waals surface area contributed by atoms with Gasteiger partial charge in [-0.15, -0.1) is 0 Å². The second kappa shape index (κ2) is 7.77. The molecule has 0 fully saturated rings. The van der Waals surface area contributed by atoms with Gasteiger partial charge in [-0.2, -0.15) is 18.3 Å². The number of nitrogens with zero attached hydrogens (tertiary/aromatic N) is 3. The Kier molecular flexibility index (Phi) is 6.07. The van der Waals surface area contributed by atoms with Crippen molar-refractivity contribution < 1.29 is 27.1 Å². The molecule has 0 saturated heterocycles. The van der Waals surface area contributed by atoms with Gasteiger partial charge in [-0.3, -0.25) is 9.48 Å². The van der Waals surface area contributed by atoms with Crippen molar-refractivity contribution in [2.75, 3.05) is 0 Å². The van der Waals surface area contributed by atoms with Gasteiger partial charge < -0.3 is 14.6 Å². The number of ether oxygens (including phenoxy) is 1. The number of pyridine rings is 1. The van der Waals surface area contributed by atoms with E-state index < -0.39 is 40.5 Å². The SMILES string of the molecule is Cn1cc(-c2cc(C(F)(F)F)nn2CC(C)(C)NC(=O)OC(C)(C)C)cc(F)c1=O. The van der Waals surface area contributed by atoms with Crippen molar-refractivity contribution in [3.05, 3.63) is 40.2 Å². The minimum absolute atomic E-state index is 0.0330. The smallest absolute Gasteiger partial charge is 0.435 e. The lowest BCUT2D eigenvalue weighted by molar-refractivity contribution is -0.141. The first kappa shape index (κ1) is 23.4. The lowest BCUT2D eigenvalue weighted by Crippen LogP contribution is -2.48. The molecule has 0 aliphatic carbocycles. The van der Waals surface area contributed by atoms with Crippen molar-refractivity contribution in [3.63, 3.8) is 0 Å². The van der Waals surface area contributed by atoms with E-state index in [1.54, 1.807) is 34.6 Å². The van der Waals surface area contributed by atoms with E-state index in [1.807, 2.05) is 0 Å². The van der Waals surface area contributed by atoms with Crippen LogP contribution in [0.15, 0.2) is 23.1 Å². The number of nitrogens with one attached hydrogen (secondary N) is 1. The molecule has 2 rings (SSSR count). The average Bonchev–Trinajstić information content (AvgIpc) is 2.92. The van der Waals surface area contributed by atoms with E-state index in [4.69, 9.17) is 4.74 Å². The van der Waals surface area contributed by atoms with Crippen molar-refractivity contribution >= 4 is 6.09 Å². The Bertz CT molecular complexity index is 974. The predicted molar refractivity (Wildman–Crippen MR) is 101 cm³/mol. The molecule has 0 radical (unpaired) electrons. The number of amides is 1. The van der Waals surface area contributed by atoms with Crippen LogP contribution in [0.4, 0.5) is 22.4 Å². The number of aryl methyl sites for hydroxylation is 1. The van der Waals surface area contributed by atoms with Crippen LogP contribution in [0.5, 0.6) is 0 Å². The first-order valence-electron chi connectivity index (χ1n) is 9.01. The topological polar surface area (TPSA) is 78.2 Å². The van der Waals surface area contributed by atoms with Crippen molar-refractivity contribution in [1.29, 1.82) is 0 Å². The average molecular weight is 432 g/mol. The molecule has 0 aliphatic heterocycles. The number of carbonyl (C=O) groups excluding carboxylic acids is 1. The molecular weight excluding hydrogens is 408 g/mol. The highest BCUT2D eigenvalue weighted by atomic mass is 19.4. The molecule has 0 aromatic carbocycles. The van der Waals surface area contributed by atoms with Gasteiger partial charge in [-0.25, -0.2) is 9.18 Å². The van der Waals surface area contributed by atoms with E-state index in [0.717, 1.165) is 21.4 Å². The second-order valence-corrected chi connectivity index (χ2v) is 8.57. The zero-order valence-electron chi connectivity index (χ0n) is 17.5. The summed E-state index contributed by atoms with van der Waals surface area (Å²) in [6, 6.07) is 1.62. The van der Waals surface area contributed by atoms with Crippen LogP contribution < -0.4 is 10.9 Å². The molecule has 0 unspecified atom stereocenters. The molecule has 2 heterocycles. The molecule has 2 aromatic rings. The molecule has 0 atom stereocenters. The van der Waals surface area contributed by atoms with Crippen LogP contribution in [0, 0.1) is 5.82 Å². The van der Waals surface area contributed by atoms with Crippen LogP contribution in [0.2, 0.25) is 0 Å². The van der Waals surface area contributed by atoms with Crippen molar-refractivity contribution in [1.82, 2.24) is 19.7 Å². The minimum atomic E-state index is -4.73. The molecule has 0 spiro atoms. The molecule has 166 valence electrons. The fourth-order valence-corrected chi connectivity index (χ4v) is 2.71. The molecule has 7 nitrogen and oxygen atoms in total. The summed E-state index contributed by atoms with van der Waals surface area (Å²) in [4.78, 5) is 23.7. The van der Waals surface area contributed by atoms with Gasteiger partial charge in [0.2, 0.25) is 0 Å². The van der Waals surface area contributed by atoms with Gasteiger partial charge in [0.05, 0.1) is 17.8 Å². The van der Waals surface area contributed by atoms with Crippen molar-refractivity contribution in [2.24, 2.45) is 7.05 Å². The van der Waals surface area contributed by atoms with E-state index >= 15 is 0 Å². The summed E-state index contributed by atoms with van der Waals surface area (Å²) < 4.78 is 60.8. The van der Waals surface area contributed by atoms with E-state index in [9.17, 15) is 27.2 Å². The first-order valence-corrected chi connectivity index (χ1v) is 9.01. The Hall–Kier alpha value is -2.85.